The van der Waals surface area contributed by atoms with Crippen LogP contribution in [0.4, 0.5) is 17.5 Å². The van der Waals surface area contributed by atoms with Gasteiger partial charge in [0.2, 0.25) is 5.95 Å². The number of nitrogens with one attached hydrogen (secondary N) is 2. The third-order valence-electron chi connectivity index (χ3n) is 4.81. The molecule has 0 unspecified atom stereocenters. The van der Waals surface area contributed by atoms with Crippen molar-refractivity contribution >= 4 is 17.5 Å². The second-order valence-corrected chi connectivity index (χ2v) is 6.78. The van der Waals surface area contributed by atoms with Crippen LogP contribution >= 0.6 is 0 Å². The Kier molecular flexibility index (Phi) is 5.69. The molecule has 1 aromatic heterocycles. The predicted molar refractivity (Wildman–Crippen MR) is 105 cm³/mol. The highest BCUT2D eigenvalue weighted by molar-refractivity contribution is 5.59. The molecule has 2 heterocycles. The van der Waals surface area contributed by atoms with E-state index in [0.717, 1.165) is 55.1 Å². The molecule has 0 radical (unpaired) electrons. The second-order valence-electron chi connectivity index (χ2n) is 6.78. The molecule has 6 heteroatoms. The summed E-state index contributed by atoms with van der Waals surface area (Å²) in [7, 11) is 2.01. The average Bonchev–Trinajstić information content (AvgIpc) is 3.13. The Bertz CT molecular complexity index is 810. The summed E-state index contributed by atoms with van der Waals surface area (Å²) in [6.07, 6.45) is 3.08. The molecule has 0 aliphatic carbocycles. The number of likely N-dealkylation sites (N-methyl/N-ethyl adjacent to an activating group) is 1. The van der Waals surface area contributed by atoms with Gasteiger partial charge in [0.1, 0.15) is 5.82 Å². The highest BCUT2D eigenvalue weighted by atomic mass is 15.3. The van der Waals surface area contributed by atoms with E-state index in [4.69, 9.17) is 4.98 Å². The number of anilines is 3. The largest absolute Gasteiger partial charge is 0.355 e. The molecule has 0 bridgehead atoms. The Morgan fingerprint density at radius 1 is 1.31 bits per heavy atom. The van der Waals surface area contributed by atoms with Crippen LogP contribution in [0.15, 0.2) is 24.3 Å². The van der Waals surface area contributed by atoms with E-state index in [1.807, 2.05) is 32.2 Å². The van der Waals surface area contributed by atoms with Gasteiger partial charge in [-0.25, -0.2) is 4.98 Å². The number of hydrogen-bond acceptors (Lipinski definition) is 6. The van der Waals surface area contributed by atoms with E-state index >= 15 is 0 Å². The standard InChI is InChI=1S/C20H26N6/c1-4-5-16-11-19(26-9-8-18(13-26)22-3)25-20(23-16)24-17-7-6-14(2)15(10-17)12-21/h6-7,10-11,18,22H,4-5,8-9,13H2,1-3H3,(H,23,24,25)/t18-/m0/s1. The van der Waals surface area contributed by atoms with Crippen LogP contribution in [0, 0.1) is 18.3 Å². The van der Waals surface area contributed by atoms with E-state index in [1.165, 1.54) is 0 Å². The summed E-state index contributed by atoms with van der Waals surface area (Å²) >= 11 is 0. The zero-order chi connectivity index (χ0) is 18.5. The maximum Gasteiger partial charge on any atom is 0.229 e. The first kappa shape index (κ1) is 18.2. The first-order chi connectivity index (χ1) is 12.6. The smallest absolute Gasteiger partial charge is 0.229 e. The molecule has 1 aromatic carbocycles. The minimum Gasteiger partial charge on any atom is -0.355 e. The molecule has 2 aromatic rings. The van der Waals surface area contributed by atoms with Gasteiger partial charge >= 0.3 is 0 Å². The van der Waals surface area contributed by atoms with Crippen LogP contribution in [0.1, 0.15) is 36.6 Å². The summed E-state index contributed by atoms with van der Waals surface area (Å²) in [5.41, 5.74) is 3.51. The van der Waals surface area contributed by atoms with Crippen LogP contribution in [0.25, 0.3) is 0 Å². The van der Waals surface area contributed by atoms with Crippen LogP contribution in [0.2, 0.25) is 0 Å². The third-order valence-corrected chi connectivity index (χ3v) is 4.81. The molecule has 0 spiro atoms. The van der Waals surface area contributed by atoms with Crippen molar-refractivity contribution in [2.75, 3.05) is 30.4 Å². The van der Waals surface area contributed by atoms with Gasteiger partial charge in [-0.2, -0.15) is 10.2 Å². The third kappa shape index (κ3) is 4.12. The van der Waals surface area contributed by atoms with Crippen molar-refractivity contribution in [3.8, 4) is 6.07 Å². The fraction of sp³-hybridized carbons (Fsp3) is 0.450. The molecule has 1 atom stereocenters. The quantitative estimate of drug-likeness (QED) is 0.833. The highest BCUT2D eigenvalue weighted by Gasteiger charge is 2.23. The number of hydrogen-bond donors (Lipinski definition) is 2. The van der Waals surface area contributed by atoms with Crippen LogP contribution in [-0.4, -0.2) is 36.1 Å². The lowest BCUT2D eigenvalue weighted by atomic mass is 10.1. The molecule has 3 rings (SSSR count). The molecule has 1 saturated heterocycles. The Balaban J connectivity index is 1.87. The van der Waals surface area contributed by atoms with E-state index in [1.54, 1.807) is 0 Å². The van der Waals surface area contributed by atoms with Gasteiger partial charge in [-0.05, 0) is 44.5 Å². The monoisotopic (exact) mass is 350 g/mol. The zero-order valence-electron chi connectivity index (χ0n) is 15.7. The molecule has 1 fully saturated rings. The van der Waals surface area contributed by atoms with Gasteiger partial charge in [0.25, 0.3) is 0 Å². The first-order valence-electron chi connectivity index (χ1n) is 9.21. The molecule has 1 aliphatic heterocycles. The van der Waals surface area contributed by atoms with E-state index in [0.29, 0.717) is 17.6 Å². The van der Waals surface area contributed by atoms with Crippen LogP contribution in [-0.2, 0) is 6.42 Å². The van der Waals surface area contributed by atoms with Gasteiger partial charge in [0.15, 0.2) is 0 Å². The van der Waals surface area contributed by atoms with Crippen molar-refractivity contribution in [2.45, 2.75) is 39.2 Å². The van der Waals surface area contributed by atoms with E-state index in [-0.39, 0.29) is 0 Å². The number of benzene rings is 1. The van der Waals surface area contributed by atoms with Crippen LogP contribution in [0.5, 0.6) is 0 Å². The molecule has 0 amide bonds. The Morgan fingerprint density at radius 2 is 2.15 bits per heavy atom. The molecular weight excluding hydrogens is 324 g/mol. The Morgan fingerprint density at radius 3 is 2.85 bits per heavy atom. The average molecular weight is 350 g/mol. The summed E-state index contributed by atoms with van der Waals surface area (Å²) in [6.45, 7) is 6.05. The van der Waals surface area contributed by atoms with Crippen molar-refractivity contribution < 1.29 is 0 Å². The minimum absolute atomic E-state index is 0.506. The lowest BCUT2D eigenvalue weighted by Crippen LogP contribution is -2.30. The summed E-state index contributed by atoms with van der Waals surface area (Å²) < 4.78 is 0. The van der Waals surface area contributed by atoms with Gasteiger partial charge in [-0.3, -0.25) is 0 Å². The predicted octanol–water partition coefficient (Wildman–Crippen LogP) is 3.15. The summed E-state index contributed by atoms with van der Waals surface area (Å²) in [4.78, 5) is 11.7. The van der Waals surface area contributed by atoms with E-state index in [2.05, 4.69) is 39.6 Å². The Hall–Kier alpha value is -2.65. The fourth-order valence-electron chi connectivity index (χ4n) is 3.24. The van der Waals surface area contributed by atoms with Gasteiger partial charge < -0.3 is 15.5 Å². The molecule has 6 nitrogen and oxygen atoms in total. The Labute approximate surface area is 155 Å². The SMILES string of the molecule is CCCc1cc(N2CC[C@H](NC)C2)nc(Nc2ccc(C)c(C#N)c2)n1. The molecule has 26 heavy (non-hydrogen) atoms. The summed E-state index contributed by atoms with van der Waals surface area (Å²) in [5.74, 6) is 1.56. The van der Waals surface area contributed by atoms with E-state index in [9.17, 15) is 5.26 Å². The fourth-order valence-corrected chi connectivity index (χ4v) is 3.24. The number of nitrogens with zero attached hydrogens (tertiary/aromatic N) is 4. The maximum absolute atomic E-state index is 9.24. The second kappa shape index (κ2) is 8.15. The number of aromatic nitrogens is 2. The summed E-state index contributed by atoms with van der Waals surface area (Å²) in [6, 6.07) is 10.6. The molecule has 1 aliphatic rings. The van der Waals surface area contributed by atoms with E-state index < -0.39 is 0 Å². The van der Waals surface area contributed by atoms with Gasteiger partial charge in [-0.15, -0.1) is 0 Å². The normalized spacial score (nSPS) is 16.5. The topological polar surface area (TPSA) is 76.9 Å². The van der Waals surface area contributed by atoms with Crippen LogP contribution < -0.4 is 15.5 Å². The van der Waals surface area contributed by atoms with Gasteiger partial charge in [-0.1, -0.05) is 19.4 Å². The van der Waals surface area contributed by atoms with Crippen molar-refractivity contribution in [1.82, 2.24) is 15.3 Å². The maximum atomic E-state index is 9.24. The lowest BCUT2D eigenvalue weighted by Gasteiger charge is -2.19. The summed E-state index contributed by atoms with van der Waals surface area (Å²) in [5, 5.41) is 15.9. The van der Waals surface area contributed by atoms with Crippen molar-refractivity contribution in [3.63, 3.8) is 0 Å². The highest BCUT2D eigenvalue weighted by Crippen LogP contribution is 2.23. The molecule has 136 valence electrons. The van der Waals surface area contributed by atoms with Crippen molar-refractivity contribution in [1.29, 1.82) is 5.26 Å². The first-order valence-corrected chi connectivity index (χ1v) is 9.21. The van der Waals surface area contributed by atoms with Crippen LogP contribution in [0.3, 0.4) is 0 Å². The minimum atomic E-state index is 0.506. The zero-order valence-corrected chi connectivity index (χ0v) is 15.7. The number of aryl methyl sites for hydroxylation is 2. The molecular formula is C20H26N6. The van der Waals surface area contributed by atoms with Crippen molar-refractivity contribution in [3.05, 3.63) is 41.1 Å². The van der Waals surface area contributed by atoms with Gasteiger partial charge in [0.05, 0.1) is 11.6 Å². The van der Waals surface area contributed by atoms with Crippen molar-refractivity contribution in [2.24, 2.45) is 0 Å². The van der Waals surface area contributed by atoms with Gasteiger partial charge in [0, 0.05) is 36.6 Å². The molecule has 0 saturated carbocycles. The lowest BCUT2D eigenvalue weighted by molar-refractivity contribution is 0.616. The number of nitriles is 1. The molecule has 2 N–H and O–H groups in total. The number of rotatable bonds is 6.